The molecule has 0 bridgehead atoms. The summed E-state index contributed by atoms with van der Waals surface area (Å²) in [6.45, 7) is 1.07. The second-order valence-electron chi connectivity index (χ2n) is 5.04. The molecule has 130 valence electrons. The number of ether oxygens (including phenoxy) is 2. The second-order valence-corrected chi connectivity index (χ2v) is 6.28. The molecule has 0 amide bonds. The fraction of sp³-hybridized carbons (Fsp3) is 0.636. The summed E-state index contributed by atoms with van der Waals surface area (Å²) in [6.07, 6.45) is -2.95. The zero-order chi connectivity index (χ0) is 17.4. The number of rotatable bonds is 5. The van der Waals surface area contributed by atoms with E-state index in [0.717, 1.165) is 4.57 Å². The minimum Gasteiger partial charge on any atom is -0.387 e. The van der Waals surface area contributed by atoms with Crippen molar-refractivity contribution in [1.82, 2.24) is 9.55 Å². The molecule has 0 radical (unpaired) electrons. The molecule has 1 saturated heterocycles. The fourth-order valence-corrected chi connectivity index (χ4v) is 2.61. The van der Waals surface area contributed by atoms with Crippen molar-refractivity contribution in [3.8, 4) is 0 Å². The van der Waals surface area contributed by atoms with Gasteiger partial charge in [0.1, 0.15) is 24.1 Å². The number of aliphatic hydroxyl groups excluding tert-OH is 1. The number of phosphoric acid groups is 1. The van der Waals surface area contributed by atoms with Gasteiger partial charge in [-0.05, 0) is 6.92 Å². The monoisotopic (exact) mass is 351 g/mol. The number of hydrogen-bond donors (Lipinski definition) is 4. The Bertz CT molecular complexity index is 674. The molecule has 1 fully saturated rings. The average molecular weight is 351 g/mol. The summed E-state index contributed by atoms with van der Waals surface area (Å²) in [5, 5.41) is 10.1. The van der Waals surface area contributed by atoms with E-state index in [9.17, 15) is 14.5 Å². The van der Waals surface area contributed by atoms with Gasteiger partial charge in [-0.1, -0.05) is 0 Å². The van der Waals surface area contributed by atoms with Crippen molar-refractivity contribution in [3.63, 3.8) is 0 Å². The van der Waals surface area contributed by atoms with Crippen LogP contribution in [-0.4, -0.2) is 56.5 Å². The third kappa shape index (κ3) is 3.96. The van der Waals surface area contributed by atoms with Crippen LogP contribution in [0.1, 0.15) is 11.8 Å². The van der Waals surface area contributed by atoms with E-state index < -0.39 is 44.7 Å². The Kier molecular flexibility index (Phi) is 5.21. The Morgan fingerprint density at radius 3 is 2.74 bits per heavy atom. The third-order valence-electron chi connectivity index (χ3n) is 3.44. The molecule has 4 atom stereocenters. The molecule has 0 spiro atoms. The van der Waals surface area contributed by atoms with Crippen molar-refractivity contribution in [1.29, 1.82) is 0 Å². The standard InChI is InChI=1S/C11H18N3O8P/c1-5-3-14(11(16)13-9(5)12)10-8(20-2)7(15)6(22-10)4-21-23(17,18)19/h3,6-8,10,15H,4H2,1-2H3,(H2,12,13,16)(H2,17,18,19)/t6-,7-,8-,10-/m1/s1. The molecule has 0 unspecified atom stereocenters. The van der Waals surface area contributed by atoms with Crippen LogP contribution in [0.15, 0.2) is 11.0 Å². The van der Waals surface area contributed by atoms with Crippen LogP contribution in [-0.2, 0) is 18.6 Å². The van der Waals surface area contributed by atoms with Gasteiger partial charge in [0.15, 0.2) is 6.23 Å². The number of nitrogen functional groups attached to an aromatic ring is 1. The number of anilines is 1. The van der Waals surface area contributed by atoms with Crippen LogP contribution < -0.4 is 11.4 Å². The molecule has 12 heteroatoms. The van der Waals surface area contributed by atoms with Crippen LogP contribution in [0.4, 0.5) is 5.82 Å². The molecule has 1 aliphatic rings. The lowest BCUT2D eigenvalue weighted by molar-refractivity contribution is -0.0620. The number of methoxy groups -OCH3 is 1. The van der Waals surface area contributed by atoms with Gasteiger partial charge in [0.05, 0.1) is 6.61 Å². The zero-order valence-electron chi connectivity index (χ0n) is 12.4. The maximum absolute atomic E-state index is 12.0. The van der Waals surface area contributed by atoms with Gasteiger partial charge in [0, 0.05) is 18.9 Å². The summed E-state index contributed by atoms with van der Waals surface area (Å²) in [6, 6.07) is 0. The lowest BCUT2D eigenvalue weighted by atomic mass is 10.1. The minimum absolute atomic E-state index is 0.0696. The highest BCUT2D eigenvalue weighted by Gasteiger charge is 2.46. The van der Waals surface area contributed by atoms with Crippen molar-refractivity contribution < 1.29 is 33.5 Å². The Labute approximate surface area is 130 Å². The van der Waals surface area contributed by atoms with E-state index in [0.29, 0.717) is 5.56 Å². The lowest BCUT2D eigenvalue weighted by Gasteiger charge is -2.20. The normalized spacial score (nSPS) is 28.2. The number of nitrogens with two attached hydrogens (primary N) is 1. The smallest absolute Gasteiger partial charge is 0.387 e. The summed E-state index contributed by atoms with van der Waals surface area (Å²) in [4.78, 5) is 33.0. The molecule has 23 heavy (non-hydrogen) atoms. The molecule has 0 saturated carbocycles. The highest BCUT2D eigenvalue weighted by Crippen LogP contribution is 2.38. The van der Waals surface area contributed by atoms with Gasteiger partial charge in [0.25, 0.3) is 0 Å². The molecule has 11 nitrogen and oxygen atoms in total. The number of nitrogens with zero attached hydrogens (tertiary/aromatic N) is 2. The first kappa shape index (κ1) is 18.0. The topological polar surface area (TPSA) is 166 Å². The first-order valence-electron chi connectivity index (χ1n) is 6.55. The van der Waals surface area contributed by atoms with Crippen LogP contribution in [0, 0.1) is 6.92 Å². The van der Waals surface area contributed by atoms with Gasteiger partial charge in [-0.3, -0.25) is 9.09 Å². The molecular formula is C11H18N3O8P. The summed E-state index contributed by atoms with van der Waals surface area (Å²) in [5.41, 5.74) is 5.37. The average Bonchev–Trinajstić information content (AvgIpc) is 2.76. The highest BCUT2D eigenvalue weighted by molar-refractivity contribution is 7.46. The van der Waals surface area contributed by atoms with Crippen LogP contribution in [0.2, 0.25) is 0 Å². The number of aliphatic hydroxyl groups is 1. The van der Waals surface area contributed by atoms with E-state index in [1.807, 2.05) is 0 Å². The molecule has 5 N–H and O–H groups in total. The molecule has 1 aromatic rings. The first-order chi connectivity index (χ1) is 10.6. The Hall–Kier alpha value is -1.33. The molecule has 0 aliphatic carbocycles. The van der Waals surface area contributed by atoms with E-state index in [1.165, 1.54) is 13.3 Å². The predicted molar refractivity (Wildman–Crippen MR) is 76.4 cm³/mol. The third-order valence-corrected chi connectivity index (χ3v) is 3.93. The maximum atomic E-state index is 12.0. The quantitative estimate of drug-likeness (QED) is 0.459. The fourth-order valence-electron chi connectivity index (χ4n) is 2.27. The molecule has 1 aliphatic heterocycles. The van der Waals surface area contributed by atoms with Gasteiger partial charge in [-0.25, -0.2) is 9.36 Å². The molecule has 1 aromatic heterocycles. The van der Waals surface area contributed by atoms with E-state index in [2.05, 4.69) is 9.51 Å². The van der Waals surface area contributed by atoms with Crippen molar-refractivity contribution in [2.24, 2.45) is 0 Å². The van der Waals surface area contributed by atoms with Gasteiger partial charge in [-0.15, -0.1) is 0 Å². The van der Waals surface area contributed by atoms with E-state index in [4.69, 9.17) is 25.0 Å². The van der Waals surface area contributed by atoms with Gasteiger partial charge in [0.2, 0.25) is 0 Å². The van der Waals surface area contributed by atoms with Crippen molar-refractivity contribution in [2.45, 2.75) is 31.5 Å². The Balaban J connectivity index is 2.27. The van der Waals surface area contributed by atoms with Gasteiger partial charge in [-0.2, -0.15) is 4.98 Å². The predicted octanol–water partition coefficient (Wildman–Crippen LogP) is -1.48. The van der Waals surface area contributed by atoms with E-state index in [1.54, 1.807) is 6.92 Å². The van der Waals surface area contributed by atoms with Crippen molar-refractivity contribution in [3.05, 3.63) is 22.2 Å². The summed E-state index contributed by atoms with van der Waals surface area (Å²) >= 11 is 0. The van der Waals surface area contributed by atoms with Crippen molar-refractivity contribution in [2.75, 3.05) is 19.5 Å². The Morgan fingerprint density at radius 2 is 2.17 bits per heavy atom. The number of hydrogen-bond acceptors (Lipinski definition) is 8. The van der Waals surface area contributed by atoms with Crippen molar-refractivity contribution >= 4 is 13.6 Å². The van der Waals surface area contributed by atoms with Crippen LogP contribution in [0.25, 0.3) is 0 Å². The largest absolute Gasteiger partial charge is 0.469 e. The van der Waals surface area contributed by atoms with Gasteiger partial charge < -0.3 is 30.1 Å². The van der Waals surface area contributed by atoms with Gasteiger partial charge >= 0.3 is 13.5 Å². The SMILES string of the molecule is CO[C@@H]1[C@H](O)[C@@H](COP(=O)(O)O)O[C@H]1n1cc(C)c(N)nc1=O. The Morgan fingerprint density at radius 1 is 1.52 bits per heavy atom. The van der Waals surface area contributed by atoms with Crippen LogP contribution in [0.5, 0.6) is 0 Å². The van der Waals surface area contributed by atoms with E-state index in [-0.39, 0.29) is 5.82 Å². The first-order valence-corrected chi connectivity index (χ1v) is 8.08. The number of phosphoric ester groups is 1. The highest BCUT2D eigenvalue weighted by atomic mass is 31.2. The zero-order valence-corrected chi connectivity index (χ0v) is 13.3. The van der Waals surface area contributed by atoms with Crippen LogP contribution >= 0.6 is 7.82 Å². The summed E-state index contributed by atoms with van der Waals surface area (Å²) in [7, 11) is -3.41. The molecule has 2 rings (SSSR count). The minimum atomic E-state index is -4.72. The maximum Gasteiger partial charge on any atom is 0.469 e. The second kappa shape index (κ2) is 6.65. The number of aromatic nitrogens is 2. The van der Waals surface area contributed by atoms with Crippen LogP contribution in [0.3, 0.4) is 0 Å². The summed E-state index contributed by atoms with van der Waals surface area (Å²) < 4.78 is 26.8. The molecule has 0 aromatic carbocycles. The molecular weight excluding hydrogens is 333 g/mol. The van der Waals surface area contributed by atoms with E-state index >= 15 is 0 Å². The number of aryl methyl sites for hydroxylation is 1. The lowest BCUT2D eigenvalue weighted by Crippen LogP contribution is -2.37. The summed E-state index contributed by atoms with van der Waals surface area (Å²) in [5.74, 6) is 0.0696. The molecule has 2 heterocycles.